The highest BCUT2D eigenvalue weighted by Gasteiger charge is 2.19. The predicted octanol–water partition coefficient (Wildman–Crippen LogP) is 3.39. The van der Waals surface area contributed by atoms with Crippen molar-refractivity contribution in [2.75, 3.05) is 0 Å². The molecule has 0 spiro atoms. The number of carbonyl (C=O) groups is 1. The number of nitrogens with zero attached hydrogens (tertiary/aromatic N) is 1. The van der Waals surface area contributed by atoms with Gasteiger partial charge in [-0.05, 0) is 25.0 Å². The molecule has 3 aromatic rings. The molecule has 1 aliphatic carbocycles. The van der Waals surface area contributed by atoms with Crippen molar-refractivity contribution in [3.8, 4) is 0 Å². The van der Waals surface area contributed by atoms with Crippen molar-refractivity contribution in [2.45, 2.75) is 31.7 Å². The Morgan fingerprint density at radius 3 is 2.86 bits per heavy atom. The van der Waals surface area contributed by atoms with Gasteiger partial charge in [0.2, 0.25) is 0 Å². The normalized spacial score (nSPS) is 15.8. The van der Waals surface area contributed by atoms with E-state index in [-0.39, 0.29) is 5.91 Å². The first-order valence-corrected chi connectivity index (χ1v) is 7.48. The van der Waals surface area contributed by atoms with Crippen LogP contribution in [0.25, 0.3) is 21.8 Å². The third kappa shape index (κ3) is 2.17. The van der Waals surface area contributed by atoms with Gasteiger partial charge in [-0.1, -0.05) is 31.0 Å². The molecule has 1 saturated carbocycles. The zero-order valence-corrected chi connectivity index (χ0v) is 11.7. The number of H-pyrrole nitrogens is 1. The summed E-state index contributed by atoms with van der Waals surface area (Å²) >= 11 is 0. The number of nitrogens with one attached hydrogen (secondary N) is 2. The van der Waals surface area contributed by atoms with E-state index in [1.54, 1.807) is 6.20 Å². The Balaban J connectivity index is 1.72. The third-order valence-corrected chi connectivity index (χ3v) is 4.30. The fraction of sp³-hybridized carbons (Fsp3) is 0.294. The zero-order chi connectivity index (χ0) is 14.2. The van der Waals surface area contributed by atoms with Crippen LogP contribution < -0.4 is 5.32 Å². The van der Waals surface area contributed by atoms with Crippen LogP contribution in [0.4, 0.5) is 0 Å². The highest BCUT2D eigenvalue weighted by atomic mass is 16.1. The van der Waals surface area contributed by atoms with Gasteiger partial charge in [-0.3, -0.25) is 9.78 Å². The molecule has 4 rings (SSSR count). The van der Waals surface area contributed by atoms with Gasteiger partial charge in [0.05, 0.1) is 11.0 Å². The van der Waals surface area contributed by atoms with E-state index in [9.17, 15) is 4.79 Å². The Hall–Kier alpha value is -2.36. The highest BCUT2D eigenvalue weighted by molar-refractivity contribution is 6.07. The minimum atomic E-state index is -0.0119. The lowest BCUT2D eigenvalue weighted by Gasteiger charge is -2.10. The Labute approximate surface area is 122 Å². The average Bonchev–Trinajstić information content (AvgIpc) is 3.15. The second-order valence-electron chi connectivity index (χ2n) is 5.74. The smallest absolute Gasteiger partial charge is 0.267 e. The summed E-state index contributed by atoms with van der Waals surface area (Å²) in [4.78, 5) is 20.0. The Morgan fingerprint density at radius 2 is 2.00 bits per heavy atom. The van der Waals surface area contributed by atoms with Gasteiger partial charge in [0.15, 0.2) is 0 Å². The molecule has 0 aliphatic heterocycles. The van der Waals surface area contributed by atoms with Crippen LogP contribution in [0, 0.1) is 0 Å². The fourth-order valence-corrected chi connectivity index (χ4v) is 3.19. The van der Waals surface area contributed by atoms with E-state index in [4.69, 9.17) is 0 Å². The van der Waals surface area contributed by atoms with Gasteiger partial charge in [0.1, 0.15) is 5.69 Å². The average molecular weight is 279 g/mol. The van der Waals surface area contributed by atoms with Crippen molar-refractivity contribution in [1.29, 1.82) is 0 Å². The van der Waals surface area contributed by atoms with E-state index in [1.165, 1.54) is 12.8 Å². The number of aromatic amines is 1. The molecule has 0 saturated heterocycles. The lowest BCUT2D eigenvalue weighted by Crippen LogP contribution is -2.32. The predicted molar refractivity (Wildman–Crippen MR) is 83.3 cm³/mol. The second-order valence-corrected chi connectivity index (χ2v) is 5.74. The summed E-state index contributed by atoms with van der Waals surface area (Å²) in [6.07, 6.45) is 6.40. The monoisotopic (exact) mass is 279 g/mol. The van der Waals surface area contributed by atoms with Crippen molar-refractivity contribution in [2.24, 2.45) is 0 Å². The number of fused-ring (bicyclic) bond motifs is 3. The number of hydrogen-bond acceptors (Lipinski definition) is 2. The summed E-state index contributed by atoms with van der Waals surface area (Å²) < 4.78 is 0. The molecule has 0 radical (unpaired) electrons. The van der Waals surface area contributed by atoms with Gasteiger partial charge in [-0.15, -0.1) is 0 Å². The molecule has 0 atom stereocenters. The van der Waals surface area contributed by atoms with Crippen LogP contribution in [0.5, 0.6) is 0 Å². The Bertz CT molecular complexity index is 815. The van der Waals surface area contributed by atoms with E-state index < -0.39 is 0 Å². The second kappa shape index (κ2) is 4.88. The molecule has 1 aromatic carbocycles. The lowest BCUT2D eigenvalue weighted by molar-refractivity contribution is 0.0933. The number of carbonyl (C=O) groups excluding carboxylic acids is 1. The number of aromatic nitrogens is 2. The van der Waals surface area contributed by atoms with Crippen LogP contribution in [0.1, 0.15) is 36.2 Å². The van der Waals surface area contributed by atoms with E-state index >= 15 is 0 Å². The summed E-state index contributed by atoms with van der Waals surface area (Å²) in [7, 11) is 0. The van der Waals surface area contributed by atoms with Crippen LogP contribution in [0.2, 0.25) is 0 Å². The molecular formula is C17H17N3O. The van der Waals surface area contributed by atoms with Crippen molar-refractivity contribution < 1.29 is 4.79 Å². The minimum absolute atomic E-state index is 0.0119. The first kappa shape index (κ1) is 12.4. The third-order valence-electron chi connectivity index (χ3n) is 4.30. The molecule has 106 valence electrons. The van der Waals surface area contributed by atoms with Crippen LogP contribution in [0.15, 0.2) is 36.5 Å². The molecule has 2 N–H and O–H groups in total. The molecule has 1 aliphatic rings. The molecule has 2 heterocycles. The summed E-state index contributed by atoms with van der Waals surface area (Å²) in [6, 6.07) is 10.3. The van der Waals surface area contributed by atoms with Crippen LogP contribution in [0.3, 0.4) is 0 Å². The van der Waals surface area contributed by atoms with Gasteiger partial charge in [0.25, 0.3) is 5.91 Å². The lowest BCUT2D eigenvalue weighted by atomic mass is 10.1. The maximum Gasteiger partial charge on any atom is 0.267 e. The largest absolute Gasteiger partial charge is 0.349 e. The standard InChI is InChI=1S/C17H17N3O/c21-17(19-13-5-1-2-6-13)14-10-12-8-7-11-4-3-9-18-15(11)16(12)20-14/h3-4,7-10,13,20H,1-2,5-6H2,(H,19,21). The summed E-state index contributed by atoms with van der Waals surface area (Å²) in [5, 5.41) is 5.22. The molecule has 0 bridgehead atoms. The molecule has 4 nitrogen and oxygen atoms in total. The van der Waals surface area contributed by atoms with Crippen molar-refractivity contribution in [1.82, 2.24) is 15.3 Å². The molecule has 0 unspecified atom stereocenters. The van der Waals surface area contributed by atoms with Gasteiger partial charge in [0, 0.05) is 23.0 Å². The quantitative estimate of drug-likeness (QED) is 0.755. The van der Waals surface area contributed by atoms with Gasteiger partial charge in [-0.25, -0.2) is 0 Å². The van der Waals surface area contributed by atoms with E-state index in [0.717, 1.165) is 34.6 Å². The van der Waals surface area contributed by atoms with Crippen molar-refractivity contribution in [3.05, 3.63) is 42.2 Å². The first-order valence-electron chi connectivity index (χ1n) is 7.48. The topological polar surface area (TPSA) is 57.8 Å². The molecular weight excluding hydrogens is 262 g/mol. The SMILES string of the molecule is O=C(NC1CCCC1)c1cc2ccc3cccnc3c2[nH]1. The molecule has 2 aromatic heterocycles. The molecule has 4 heteroatoms. The first-order chi connectivity index (χ1) is 10.3. The van der Waals surface area contributed by atoms with E-state index in [0.29, 0.717) is 11.7 Å². The summed E-state index contributed by atoms with van der Waals surface area (Å²) in [6.45, 7) is 0. The van der Waals surface area contributed by atoms with Gasteiger partial charge >= 0.3 is 0 Å². The Kier molecular flexibility index (Phi) is 2.88. The van der Waals surface area contributed by atoms with Crippen LogP contribution >= 0.6 is 0 Å². The molecule has 1 fully saturated rings. The van der Waals surface area contributed by atoms with E-state index in [2.05, 4.69) is 15.3 Å². The Morgan fingerprint density at radius 1 is 1.19 bits per heavy atom. The molecule has 21 heavy (non-hydrogen) atoms. The maximum atomic E-state index is 12.3. The summed E-state index contributed by atoms with van der Waals surface area (Å²) in [5.74, 6) is -0.0119. The van der Waals surface area contributed by atoms with Gasteiger partial charge < -0.3 is 10.3 Å². The fourth-order valence-electron chi connectivity index (χ4n) is 3.19. The highest BCUT2D eigenvalue weighted by Crippen LogP contribution is 2.24. The van der Waals surface area contributed by atoms with Crippen molar-refractivity contribution in [3.63, 3.8) is 0 Å². The van der Waals surface area contributed by atoms with Crippen LogP contribution in [-0.4, -0.2) is 21.9 Å². The van der Waals surface area contributed by atoms with Crippen molar-refractivity contribution >= 4 is 27.7 Å². The minimum Gasteiger partial charge on any atom is -0.349 e. The molecule has 1 amide bonds. The number of hydrogen-bond donors (Lipinski definition) is 2. The number of rotatable bonds is 2. The van der Waals surface area contributed by atoms with Crippen LogP contribution in [-0.2, 0) is 0 Å². The summed E-state index contributed by atoms with van der Waals surface area (Å²) in [5.41, 5.74) is 2.47. The number of amides is 1. The zero-order valence-electron chi connectivity index (χ0n) is 11.7. The number of benzene rings is 1. The van der Waals surface area contributed by atoms with E-state index in [1.807, 2.05) is 30.3 Å². The maximum absolute atomic E-state index is 12.3. The number of pyridine rings is 1. The van der Waals surface area contributed by atoms with Gasteiger partial charge in [-0.2, -0.15) is 0 Å².